The van der Waals surface area contributed by atoms with Gasteiger partial charge in [0.15, 0.2) is 0 Å². The van der Waals surface area contributed by atoms with Crippen LogP contribution in [0.1, 0.15) is 47.7 Å². The normalized spacial score (nSPS) is 17.1. The van der Waals surface area contributed by atoms with Crippen molar-refractivity contribution in [3.63, 3.8) is 0 Å². The second kappa shape index (κ2) is 9.97. The van der Waals surface area contributed by atoms with Crippen LogP contribution in [0.4, 0.5) is 15.8 Å². The average molecular weight is 487 g/mol. The molecule has 6 heteroatoms. The van der Waals surface area contributed by atoms with Crippen LogP contribution in [-0.4, -0.2) is 29.9 Å². The first-order valence-electron chi connectivity index (χ1n) is 12.2. The van der Waals surface area contributed by atoms with Crippen LogP contribution >= 0.6 is 0 Å². The highest BCUT2D eigenvalue weighted by Crippen LogP contribution is 2.43. The Bertz CT molecular complexity index is 1360. The number of carbonyl (C=O) groups is 2. The number of aryl methyl sites for hydroxylation is 3. The van der Waals surface area contributed by atoms with E-state index in [1.807, 2.05) is 56.3 Å². The molecular weight excluding hydrogens is 455 g/mol. The topological polar surface area (TPSA) is 60.9 Å². The Balaban J connectivity index is 1.94. The maximum atomic E-state index is 13.9. The Hall–Kier alpha value is -3.93. The zero-order valence-electron chi connectivity index (χ0n) is 21.3. The number of carbonyl (C=O) groups excluding carboxylic acids is 2. The number of ketones is 1. The predicted molar refractivity (Wildman–Crippen MR) is 142 cm³/mol. The van der Waals surface area contributed by atoms with Crippen LogP contribution in [-0.2, 0) is 9.59 Å². The first-order valence-corrected chi connectivity index (χ1v) is 12.2. The molecule has 36 heavy (non-hydrogen) atoms. The molecule has 0 aliphatic carbocycles. The molecule has 1 amide bonds. The molecule has 0 bridgehead atoms. The van der Waals surface area contributed by atoms with E-state index in [1.54, 1.807) is 6.92 Å². The van der Waals surface area contributed by atoms with Crippen molar-refractivity contribution in [2.24, 2.45) is 0 Å². The van der Waals surface area contributed by atoms with E-state index in [1.165, 1.54) is 23.1 Å². The zero-order valence-corrected chi connectivity index (χ0v) is 21.3. The van der Waals surface area contributed by atoms with Crippen LogP contribution in [0, 0.1) is 26.6 Å². The Morgan fingerprint density at radius 2 is 1.58 bits per heavy atom. The molecule has 0 radical (unpaired) electrons. The number of aliphatic hydroxyl groups is 1. The van der Waals surface area contributed by atoms with Gasteiger partial charge in [0, 0.05) is 30.0 Å². The first-order chi connectivity index (χ1) is 17.2. The van der Waals surface area contributed by atoms with Crippen LogP contribution < -0.4 is 9.80 Å². The fraction of sp³-hybridized carbons (Fsp3) is 0.267. The van der Waals surface area contributed by atoms with E-state index in [0.717, 1.165) is 29.9 Å². The van der Waals surface area contributed by atoms with Gasteiger partial charge in [-0.2, -0.15) is 0 Å². The van der Waals surface area contributed by atoms with E-state index in [4.69, 9.17) is 0 Å². The van der Waals surface area contributed by atoms with Crippen molar-refractivity contribution < 1.29 is 19.1 Å². The van der Waals surface area contributed by atoms with Crippen molar-refractivity contribution in [2.45, 2.75) is 40.7 Å². The number of hydrogen-bond acceptors (Lipinski definition) is 4. The molecule has 5 nitrogen and oxygen atoms in total. The third-order valence-electron chi connectivity index (χ3n) is 6.84. The first kappa shape index (κ1) is 25.2. The largest absolute Gasteiger partial charge is 0.507 e. The van der Waals surface area contributed by atoms with E-state index in [2.05, 4.69) is 18.7 Å². The molecule has 3 aromatic carbocycles. The SMILES string of the molecule is CCN(CC)c1ccc(C2/C(=C(/O)c3ccc(F)c(C)c3)C(=O)C(=O)N2c2cc(C)ccc2C)cc1. The fourth-order valence-corrected chi connectivity index (χ4v) is 4.78. The van der Waals surface area contributed by atoms with Crippen molar-refractivity contribution in [3.8, 4) is 0 Å². The lowest BCUT2D eigenvalue weighted by atomic mass is 9.94. The second-order valence-electron chi connectivity index (χ2n) is 9.19. The fourth-order valence-electron chi connectivity index (χ4n) is 4.78. The molecule has 1 fully saturated rings. The van der Waals surface area contributed by atoms with E-state index < -0.39 is 23.5 Å². The highest BCUT2D eigenvalue weighted by atomic mass is 19.1. The molecule has 0 aromatic heterocycles. The highest BCUT2D eigenvalue weighted by molar-refractivity contribution is 6.51. The van der Waals surface area contributed by atoms with Gasteiger partial charge >= 0.3 is 0 Å². The Morgan fingerprint density at radius 3 is 2.19 bits per heavy atom. The average Bonchev–Trinajstić information content (AvgIpc) is 3.13. The Kier molecular flexibility index (Phi) is 6.97. The molecule has 0 saturated carbocycles. The van der Waals surface area contributed by atoms with Crippen LogP contribution in [0.3, 0.4) is 0 Å². The molecule has 3 aromatic rings. The minimum absolute atomic E-state index is 0.0116. The molecule has 1 N–H and O–H groups in total. The summed E-state index contributed by atoms with van der Waals surface area (Å²) in [7, 11) is 0. The van der Waals surface area contributed by atoms with Crippen molar-refractivity contribution in [3.05, 3.63) is 99.9 Å². The van der Waals surface area contributed by atoms with Gasteiger partial charge in [-0.25, -0.2) is 4.39 Å². The molecule has 1 unspecified atom stereocenters. The van der Waals surface area contributed by atoms with Gasteiger partial charge in [0.1, 0.15) is 11.6 Å². The van der Waals surface area contributed by atoms with Gasteiger partial charge in [-0.05, 0) is 93.3 Å². The summed E-state index contributed by atoms with van der Waals surface area (Å²) in [6, 6.07) is 16.8. The quantitative estimate of drug-likeness (QED) is 0.255. The maximum absolute atomic E-state index is 13.9. The van der Waals surface area contributed by atoms with Crippen molar-refractivity contribution >= 4 is 28.8 Å². The number of anilines is 2. The predicted octanol–water partition coefficient (Wildman–Crippen LogP) is 6.22. The van der Waals surface area contributed by atoms with Crippen molar-refractivity contribution in [2.75, 3.05) is 22.9 Å². The van der Waals surface area contributed by atoms with Gasteiger partial charge in [-0.3, -0.25) is 14.5 Å². The van der Waals surface area contributed by atoms with E-state index in [9.17, 15) is 19.1 Å². The smallest absolute Gasteiger partial charge is 0.300 e. The number of hydrogen-bond donors (Lipinski definition) is 1. The Labute approximate surface area is 211 Å². The third kappa shape index (κ3) is 4.39. The summed E-state index contributed by atoms with van der Waals surface area (Å²) in [6.07, 6.45) is 0. The molecule has 1 aliphatic heterocycles. The Morgan fingerprint density at radius 1 is 0.917 bits per heavy atom. The summed E-state index contributed by atoms with van der Waals surface area (Å²) in [4.78, 5) is 30.5. The molecule has 0 spiro atoms. The minimum atomic E-state index is -0.832. The molecule has 1 saturated heterocycles. The lowest BCUT2D eigenvalue weighted by Crippen LogP contribution is -2.30. The van der Waals surface area contributed by atoms with E-state index >= 15 is 0 Å². The van der Waals surface area contributed by atoms with Gasteiger partial charge in [-0.15, -0.1) is 0 Å². The van der Waals surface area contributed by atoms with Gasteiger partial charge in [0.05, 0.1) is 11.6 Å². The lowest BCUT2D eigenvalue weighted by Gasteiger charge is -2.28. The minimum Gasteiger partial charge on any atom is -0.507 e. The highest BCUT2D eigenvalue weighted by Gasteiger charge is 2.47. The van der Waals surface area contributed by atoms with Crippen LogP contribution in [0.5, 0.6) is 0 Å². The van der Waals surface area contributed by atoms with Crippen LogP contribution in [0.25, 0.3) is 5.76 Å². The molecule has 4 rings (SSSR count). The molecular formula is C30H31FN2O3. The van der Waals surface area contributed by atoms with Gasteiger partial charge < -0.3 is 10.0 Å². The van der Waals surface area contributed by atoms with Crippen molar-refractivity contribution in [1.29, 1.82) is 0 Å². The summed E-state index contributed by atoms with van der Waals surface area (Å²) in [5.41, 5.74) is 4.74. The molecule has 1 aliphatic rings. The monoisotopic (exact) mass is 486 g/mol. The molecule has 1 heterocycles. The van der Waals surface area contributed by atoms with Crippen LogP contribution in [0.15, 0.2) is 66.2 Å². The number of rotatable bonds is 6. The number of halogens is 1. The second-order valence-corrected chi connectivity index (χ2v) is 9.19. The van der Waals surface area contributed by atoms with Crippen molar-refractivity contribution in [1.82, 2.24) is 0 Å². The number of Topliss-reactive ketones (excluding diaryl/α,β-unsaturated/α-hetero) is 1. The summed E-state index contributed by atoms with van der Waals surface area (Å²) in [5.74, 6) is -2.21. The number of benzene rings is 3. The number of aliphatic hydroxyl groups excluding tert-OH is 1. The lowest BCUT2D eigenvalue weighted by molar-refractivity contribution is -0.132. The van der Waals surface area contributed by atoms with Gasteiger partial charge in [-0.1, -0.05) is 24.3 Å². The molecule has 1 atom stereocenters. The summed E-state index contributed by atoms with van der Waals surface area (Å²) in [5, 5.41) is 11.3. The maximum Gasteiger partial charge on any atom is 0.300 e. The summed E-state index contributed by atoms with van der Waals surface area (Å²) >= 11 is 0. The standard InChI is InChI=1S/C30H31FN2O3/c1-6-32(7-2)23-13-10-21(11-14-23)27-26(28(34)22-12-15-24(31)20(5)17-22)29(35)30(36)33(27)25-16-18(3)8-9-19(25)4/h8-17,27,34H,6-7H2,1-5H3/b28-26-. The zero-order chi connectivity index (χ0) is 26.1. The van der Waals surface area contributed by atoms with E-state index in [-0.39, 0.29) is 16.9 Å². The molecule has 186 valence electrons. The third-order valence-corrected chi connectivity index (χ3v) is 6.84. The number of amides is 1. The summed E-state index contributed by atoms with van der Waals surface area (Å²) < 4.78 is 13.9. The summed E-state index contributed by atoms with van der Waals surface area (Å²) in [6.45, 7) is 11.3. The number of nitrogens with zero attached hydrogens (tertiary/aromatic N) is 2. The van der Waals surface area contributed by atoms with Crippen LogP contribution in [0.2, 0.25) is 0 Å². The van der Waals surface area contributed by atoms with Gasteiger partial charge in [0.2, 0.25) is 0 Å². The van der Waals surface area contributed by atoms with E-state index in [0.29, 0.717) is 16.8 Å². The van der Waals surface area contributed by atoms with Gasteiger partial charge in [0.25, 0.3) is 11.7 Å².